The number of benzene rings is 2. The van der Waals surface area contributed by atoms with E-state index in [1.54, 1.807) is 0 Å². The molecule has 0 radical (unpaired) electrons. The number of aliphatic hydroxyl groups is 1. The van der Waals surface area contributed by atoms with Gasteiger partial charge in [-0.3, -0.25) is 0 Å². The first-order valence-corrected chi connectivity index (χ1v) is 7.94. The Labute approximate surface area is 140 Å². The number of hydrogen-bond donors (Lipinski definition) is 1. The van der Waals surface area contributed by atoms with E-state index in [0.717, 1.165) is 25.6 Å². The summed E-state index contributed by atoms with van der Waals surface area (Å²) in [5.41, 5.74) is 2.86. The normalized spacial score (nSPS) is 10.7. The van der Waals surface area contributed by atoms with E-state index in [1.165, 1.54) is 0 Å². The molecular formula is C15H13Br2ClO2. The maximum absolute atomic E-state index is 9.15. The van der Waals surface area contributed by atoms with Crippen LogP contribution in [0.4, 0.5) is 0 Å². The second-order valence-electron chi connectivity index (χ2n) is 4.43. The minimum Gasteiger partial charge on any atom is -0.486 e. The minimum atomic E-state index is -0.0126. The summed E-state index contributed by atoms with van der Waals surface area (Å²) < 4.78 is 7.40. The standard InChI is InChI=1S/C15H13Br2ClO2/c1-9-2-3-11(14(18)4-9)8-20-15-12(16)5-10(7-19)6-13(15)17/h2-6,19H,7-8H2,1H3. The lowest BCUT2D eigenvalue weighted by atomic mass is 10.1. The molecule has 0 heterocycles. The Bertz CT molecular complexity index is 606. The smallest absolute Gasteiger partial charge is 0.148 e. The van der Waals surface area contributed by atoms with Gasteiger partial charge >= 0.3 is 0 Å². The molecule has 0 aromatic heterocycles. The van der Waals surface area contributed by atoms with Crippen molar-refractivity contribution in [1.29, 1.82) is 0 Å². The van der Waals surface area contributed by atoms with Crippen molar-refractivity contribution in [3.05, 3.63) is 61.0 Å². The van der Waals surface area contributed by atoms with E-state index in [2.05, 4.69) is 31.9 Å². The molecule has 0 amide bonds. The molecule has 0 saturated heterocycles. The topological polar surface area (TPSA) is 29.5 Å². The number of hydrogen-bond acceptors (Lipinski definition) is 2. The van der Waals surface area contributed by atoms with Gasteiger partial charge < -0.3 is 9.84 Å². The predicted molar refractivity (Wildman–Crippen MR) is 88.3 cm³/mol. The highest BCUT2D eigenvalue weighted by atomic mass is 79.9. The summed E-state index contributed by atoms with van der Waals surface area (Å²) in [6, 6.07) is 9.54. The third-order valence-electron chi connectivity index (χ3n) is 2.82. The molecule has 0 aliphatic rings. The van der Waals surface area contributed by atoms with Gasteiger partial charge in [0.2, 0.25) is 0 Å². The van der Waals surface area contributed by atoms with E-state index in [1.807, 2.05) is 37.3 Å². The van der Waals surface area contributed by atoms with Crippen molar-refractivity contribution in [2.45, 2.75) is 20.1 Å². The van der Waals surface area contributed by atoms with Crippen LogP contribution in [0.15, 0.2) is 39.3 Å². The molecule has 0 aliphatic carbocycles. The number of halogens is 3. The Hall–Kier alpha value is -0.550. The average Bonchev–Trinajstić information content (AvgIpc) is 2.39. The molecule has 1 N–H and O–H groups in total. The van der Waals surface area contributed by atoms with Gasteiger partial charge in [-0.05, 0) is 68.1 Å². The summed E-state index contributed by atoms with van der Waals surface area (Å²) in [7, 11) is 0. The molecule has 20 heavy (non-hydrogen) atoms. The van der Waals surface area contributed by atoms with E-state index in [9.17, 15) is 0 Å². The van der Waals surface area contributed by atoms with Crippen LogP contribution in [0.5, 0.6) is 5.75 Å². The molecule has 0 atom stereocenters. The van der Waals surface area contributed by atoms with Crippen molar-refractivity contribution in [2.24, 2.45) is 0 Å². The molecular weight excluding hydrogens is 407 g/mol. The minimum absolute atomic E-state index is 0.0126. The van der Waals surface area contributed by atoms with Crippen molar-refractivity contribution in [1.82, 2.24) is 0 Å². The van der Waals surface area contributed by atoms with Crippen LogP contribution in [0, 0.1) is 6.92 Å². The lowest BCUT2D eigenvalue weighted by Crippen LogP contribution is -1.99. The molecule has 0 spiro atoms. The van der Waals surface area contributed by atoms with Gasteiger partial charge in [-0.15, -0.1) is 0 Å². The second kappa shape index (κ2) is 6.94. The zero-order valence-corrected chi connectivity index (χ0v) is 14.7. The van der Waals surface area contributed by atoms with Crippen LogP contribution in [0.3, 0.4) is 0 Å². The maximum atomic E-state index is 9.15. The molecule has 5 heteroatoms. The van der Waals surface area contributed by atoms with E-state index >= 15 is 0 Å². The highest BCUT2D eigenvalue weighted by Crippen LogP contribution is 2.35. The fraction of sp³-hybridized carbons (Fsp3) is 0.200. The molecule has 0 fully saturated rings. The Morgan fingerprint density at radius 1 is 1.15 bits per heavy atom. The molecule has 0 unspecified atom stereocenters. The summed E-state index contributed by atoms with van der Waals surface area (Å²) >= 11 is 13.1. The van der Waals surface area contributed by atoms with E-state index in [-0.39, 0.29) is 6.61 Å². The third-order valence-corrected chi connectivity index (χ3v) is 4.35. The van der Waals surface area contributed by atoms with Crippen LogP contribution < -0.4 is 4.74 Å². The van der Waals surface area contributed by atoms with E-state index < -0.39 is 0 Å². The van der Waals surface area contributed by atoms with E-state index in [0.29, 0.717) is 17.4 Å². The average molecular weight is 421 g/mol. The fourth-order valence-electron chi connectivity index (χ4n) is 1.76. The Kier molecular flexibility index (Phi) is 5.49. The van der Waals surface area contributed by atoms with Gasteiger partial charge in [-0.1, -0.05) is 23.7 Å². The maximum Gasteiger partial charge on any atom is 0.148 e. The number of ether oxygens (including phenoxy) is 1. The van der Waals surface area contributed by atoms with Gasteiger partial charge in [-0.25, -0.2) is 0 Å². The second-order valence-corrected chi connectivity index (χ2v) is 6.55. The number of aliphatic hydroxyl groups excluding tert-OH is 1. The van der Waals surface area contributed by atoms with Crippen LogP contribution in [0.25, 0.3) is 0 Å². The molecule has 0 aliphatic heterocycles. The van der Waals surface area contributed by atoms with Gasteiger partial charge in [0, 0.05) is 10.6 Å². The summed E-state index contributed by atoms with van der Waals surface area (Å²) in [5, 5.41) is 9.85. The Morgan fingerprint density at radius 3 is 2.35 bits per heavy atom. The van der Waals surface area contributed by atoms with Crippen molar-refractivity contribution < 1.29 is 9.84 Å². The fourth-order valence-corrected chi connectivity index (χ4v) is 3.56. The summed E-state index contributed by atoms with van der Waals surface area (Å²) in [4.78, 5) is 0. The zero-order valence-electron chi connectivity index (χ0n) is 10.8. The molecule has 2 rings (SSSR count). The van der Waals surface area contributed by atoms with Gasteiger partial charge in [0.05, 0.1) is 15.6 Å². The Morgan fingerprint density at radius 2 is 1.80 bits per heavy atom. The van der Waals surface area contributed by atoms with Crippen molar-refractivity contribution in [3.63, 3.8) is 0 Å². The first kappa shape index (κ1) is 15.8. The van der Waals surface area contributed by atoms with Gasteiger partial charge in [0.25, 0.3) is 0 Å². The Balaban J connectivity index is 2.19. The first-order valence-electron chi connectivity index (χ1n) is 5.98. The van der Waals surface area contributed by atoms with Crippen LogP contribution in [0.2, 0.25) is 5.02 Å². The summed E-state index contributed by atoms with van der Waals surface area (Å²) in [6.07, 6.45) is 0. The zero-order chi connectivity index (χ0) is 14.7. The molecule has 0 saturated carbocycles. The monoisotopic (exact) mass is 418 g/mol. The van der Waals surface area contributed by atoms with Gasteiger partial charge in [0.1, 0.15) is 12.4 Å². The highest BCUT2D eigenvalue weighted by Gasteiger charge is 2.10. The van der Waals surface area contributed by atoms with Crippen molar-refractivity contribution in [3.8, 4) is 5.75 Å². The largest absolute Gasteiger partial charge is 0.486 e. The number of rotatable bonds is 4. The van der Waals surface area contributed by atoms with Crippen LogP contribution >= 0.6 is 43.5 Å². The quantitative estimate of drug-likeness (QED) is 0.733. The van der Waals surface area contributed by atoms with E-state index in [4.69, 9.17) is 21.4 Å². The van der Waals surface area contributed by atoms with Crippen molar-refractivity contribution >= 4 is 43.5 Å². The molecule has 106 valence electrons. The van der Waals surface area contributed by atoms with Gasteiger partial charge in [-0.2, -0.15) is 0 Å². The van der Waals surface area contributed by atoms with Crippen LogP contribution in [-0.4, -0.2) is 5.11 Å². The number of aryl methyl sites for hydroxylation is 1. The molecule has 2 aromatic rings. The van der Waals surface area contributed by atoms with Gasteiger partial charge in [0.15, 0.2) is 0 Å². The van der Waals surface area contributed by atoms with Crippen molar-refractivity contribution in [2.75, 3.05) is 0 Å². The third kappa shape index (κ3) is 3.76. The molecule has 2 nitrogen and oxygen atoms in total. The predicted octanol–water partition coefficient (Wildman–Crippen LogP) is 5.24. The SMILES string of the molecule is Cc1ccc(COc2c(Br)cc(CO)cc2Br)c(Cl)c1. The highest BCUT2D eigenvalue weighted by molar-refractivity contribution is 9.11. The first-order chi connectivity index (χ1) is 9.51. The summed E-state index contributed by atoms with van der Waals surface area (Å²) in [5.74, 6) is 0.693. The molecule has 0 bridgehead atoms. The lowest BCUT2D eigenvalue weighted by Gasteiger charge is -2.13. The lowest BCUT2D eigenvalue weighted by molar-refractivity contribution is 0.280. The van der Waals surface area contributed by atoms with Crippen LogP contribution in [-0.2, 0) is 13.2 Å². The van der Waals surface area contributed by atoms with Crippen LogP contribution in [0.1, 0.15) is 16.7 Å². The summed E-state index contributed by atoms with van der Waals surface area (Å²) in [6.45, 7) is 2.37. The molecule has 2 aromatic carbocycles.